The molecule has 0 aliphatic rings. The van der Waals surface area contributed by atoms with Crippen LogP contribution >= 0.6 is 0 Å². The Morgan fingerprint density at radius 3 is 2.07 bits per heavy atom. The summed E-state index contributed by atoms with van der Waals surface area (Å²) in [5, 5.41) is 0. The molecule has 0 saturated carbocycles. The molecule has 1 atom stereocenters. The van der Waals surface area contributed by atoms with Crippen LogP contribution in [0.2, 0.25) is 0 Å². The zero-order valence-electron chi connectivity index (χ0n) is 16.0. The summed E-state index contributed by atoms with van der Waals surface area (Å²) in [5.74, 6) is 0.0840. The van der Waals surface area contributed by atoms with Crippen molar-refractivity contribution in [3.63, 3.8) is 0 Å². The first-order valence-corrected chi connectivity index (χ1v) is 9.40. The number of ether oxygens (including phenoxy) is 1. The van der Waals surface area contributed by atoms with E-state index in [2.05, 4.69) is 10.9 Å². The summed E-state index contributed by atoms with van der Waals surface area (Å²) in [6.45, 7) is 0.402. The molecule has 0 aliphatic carbocycles. The minimum atomic E-state index is -4.39. The highest BCUT2D eigenvalue weighted by Crippen LogP contribution is 2.31. The van der Waals surface area contributed by atoms with Gasteiger partial charge in [-0.25, -0.2) is 5.43 Å². The van der Waals surface area contributed by atoms with E-state index in [1.165, 1.54) is 12.1 Å². The normalized spacial score (nSPS) is 12.2. The van der Waals surface area contributed by atoms with Crippen molar-refractivity contribution in [3.8, 4) is 5.75 Å². The molecule has 0 spiro atoms. The van der Waals surface area contributed by atoms with Gasteiger partial charge < -0.3 is 4.74 Å². The van der Waals surface area contributed by atoms with Crippen molar-refractivity contribution in [2.45, 2.75) is 18.7 Å². The number of benzene rings is 3. The van der Waals surface area contributed by atoms with Gasteiger partial charge in [-0.3, -0.25) is 10.2 Å². The van der Waals surface area contributed by atoms with Gasteiger partial charge in [0.25, 0.3) is 5.91 Å². The molecule has 2 N–H and O–H groups in total. The molecule has 7 heteroatoms. The first-order chi connectivity index (χ1) is 14.4. The van der Waals surface area contributed by atoms with Crippen LogP contribution in [0.1, 0.15) is 34.0 Å². The quantitative estimate of drug-likeness (QED) is 0.396. The van der Waals surface area contributed by atoms with E-state index in [1.54, 1.807) is 24.3 Å². The van der Waals surface area contributed by atoms with E-state index in [1.807, 2.05) is 36.4 Å². The standard InChI is InChI=1S/C23H21F3N2O2/c24-23(25,26)19-11-13-20(14-12-19)30-21(17-7-3-1-4-8-17)15-16-27-28-22(29)18-9-5-2-6-10-18/h1-14,21,27H,15-16H2,(H,28,29). The monoisotopic (exact) mass is 414 g/mol. The Morgan fingerprint density at radius 1 is 0.867 bits per heavy atom. The Morgan fingerprint density at radius 2 is 1.47 bits per heavy atom. The zero-order chi connectivity index (χ0) is 21.4. The van der Waals surface area contributed by atoms with Gasteiger partial charge in [-0.15, -0.1) is 0 Å². The van der Waals surface area contributed by atoms with Gasteiger partial charge in [0.15, 0.2) is 0 Å². The van der Waals surface area contributed by atoms with E-state index < -0.39 is 17.8 Å². The molecule has 4 nitrogen and oxygen atoms in total. The van der Waals surface area contributed by atoms with Crippen molar-refractivity contribution in [2.24, 2.45) is 0 Å². The number of carbonyl (C=O) groups is 1. The van der Waals surface area contributed by atoms with E-state index >= 15 is 0 Å². The minimum Gasteiger partial charge on any atom is -0.486 e. The lowest BCUT2D eigenvalue weighted by atomic mass is 10.1. The lowest BCUT2D eigenvalue weighted by Gasteiger charge is -2.20. The summed E-state index contributed by atoms with van der Waals surface area (Å²) in [6, 6.07) is 22.8. The molecule has 0 aromatic heterocycles. The molecule has 0 bridgehead atoms. The summed E-state index contributed by atoms with van der Waals surface area (Å²) in [4.78, 5) is 12.1. The van der Waals surface area contributed by atoms with E-state index in [0.717, 1.165) is 17.7 Å². The van der Waals surface area contributed by atoms with E-state index in [9.17, 15) is 18.0 Å². The van der Waals surface area contributed by atoms with Gasteiger partial charge in [-0.2, -0.15) is 13.2 Å². The van der Waals surface area contributed by atoms with Gasteiger partial charge in [0.1, 0.15) is 11.9 Å². The van der Waals surface area contributed by atoms with Crippen LogP contribution in [0.25, 0.3) is 0 Å². The topological polar surface area (TPSA) is 50.4 Å². The highest BCUT2D eigenvalue weighted by atomic mass is 19.4. The highest BCUT2D eigenvalue weighted by Gasteiger charge is 2.30. The number of hydrogen-bond donors (Lipinski definition) is 2. The lowest BCUT2D eigenvalue weighted by Crippen LogP contribution is -2.38. The molecular weight excluding hydrogens is 393 g/mol. The summed E-state index contributed by atoms with van der Waals surface area (Å²) in [6.07, 6.45) is -4.30. The maximum atomic E-state index is 12.8. The molecule has 3 rings (SSSR count). The fourth-order valence-electron chi connectivity index (χ4n) is 2.86. The maximum Gasteiger partial charge on any atom is 0.416 e. The molecule has 1 amide bonds. The lowest BCUT2D eigenvalue weighted by molar-refractivity contribution is -0.137. The van der Waals surface area contributed by atoms with Gasteiger partial charge in [0, 0.05) is 18.5 Å². The van der Waals surface area contributed by atoms with Gasteiger partial charge in [-0.1, -0.05) is 48.5 Å². The molecule has 0 saturated heterocycles. The van der Waals surface area contributed by atoms with Crippen LogP contribution in [0.15, 0.2) is 84.9 Å². The Kier molecular flexibility index (Phi) is 7.08. The zero-order valence-corrected chi connectivity index (χ0v) is 16.0. The fraction of sp³-hybridized carbons (Fsp3) is 0.174. The average molecular weight is 414 g/mol. The molecule has 0 heterocycles. The van der Waals surface area contributed by atoms with Crippen molar-refractivity contribution >= 4 is 5.91 Å². The van der Waals surface area contributed by atoms with Crippen LogP contribution in [0.5, 0.6) is 5.75 Å². The molecular formula is C23H21F3N2O2. The van der Waals surface area contributed by atoms with Crippen molar-refractivity contribution in [1.29, 1.82) is 0 Å². The largest absolute Gasteiger partial charge is 0.486 e. The summed E-state index contributed by atoms with van der Waals surface area (Å²) in [7, 11) is 0. The van der Waals surface area contributed by atoms with Crippen molar-refractivity contribution in [2.75, 3.05) is 6.54 Å². The molecule has 0 aliphatic heterocycles. The number of halogens is 3. The van der Waals surface area contributed by atoms with E-state index in [0.29, 0.717) is 24.3 Å². The second kappa shape index (κ2) is 9.93. The molecule has 156 valence electrons. The molecule has 3 aromatic carbocycles. The van der Waals surface area contributed by atoms with Crippen LogP contribution in [-0.4, -0.2) is 12.5 Å². The van der Waals surface area contributed by atoms with Crippen LogP contribution < -0.4 is 15.6 Å². The third kappa shape index (κ3) is 6.09. The number of rotatable bonds is 8. The van der Waals surface area contributed by atoms with Gasteiger partial charge in [0.05, 0.1) is 5.56 Å². The second-order valence-electron chi connectivity index (χ2n) is 6.57. The Balaban J connectivity index is 1.60. The maximum absolute atomic E-state index is 12.8. The first kappa shape index (κ1) is 21.4. The van der Waals surface area contributed by atoms with Crippen LogP contribution in [0, 0.1) is 0 Å². The molecule has 0 radical (unpaired) electrons. The fourth-order valence-corrected chi connectivity index (χ4v) is 2.86. The van der Waals surface area contributed by atoms with Gasteiger partial charge >= 0.3 is 6.18 Å². The summed E-state index contributed by atoms with van der Waals surface area (Å²) < 4.78 is 44.2. The number of alkyl halides is 3. The number of hydrogen-bond acceptors (Lipinski definition) is 3. The molecule has 30 heavy (non-hydrogen) atoms. The molecule has 1 unspecified atom stereocenters. The second-order valence-corrected chi connectivity index (χ2v) is 6.57. The predicted molar refractivity (Wildman–Crippen MR) is 108 cm³/mol. The summed E-state index contributed by atoms with van der Waals surface area (Å²) in [5.41, 5.74) is 6.18. The molecule has 3 aromatic rings. The third-order valence-electron chi connectivity index (χ3n) is 4.40. The van der Waals surface area contributed by atoms with Gasteiger partial charge in [-0.05, 0) is 42.0 Å². The SMILES string of the molecule is O=C(NNCCC(Oc1ccc(C(F)(F)F)cc1)c1ccccc1)c1ccccc1. The highest BCUT2D eigenvalue weighted by molar-refractivity contribution is 5.93. The number of amides is 1. The minimum absolute atomic E-state index is 0.254. The Labute approximate surface area is 172 Å². The van der Waals surface area contributed by atoms with Crippen LogP contribution in [0.4, 0.5) is 13.2 Å². The van der Waals surface area contributed by atoms with Crippen molar-refractivity contribution in [3.05, 3.63) is 102 Å². The van der Waals surface area contributed by atoms with E-state index in [-0.39, 0.29) is 5.91 Å². The predicted octanol–water partition coefficient (Wildman–Crippen LogP) is 5.15. The first-order valence-electron chi connectivity index (χ1n) is 9.40. The van der Waals surface area contributed by atoms with Crippen LogP contribution in [-0.2, 0) is 6.18 Å². The Hall–Kier alpha value is -3.32. The van der Waals surface area contributed by atoms with Crippen molar-refractivity contribution in [1.82, 2.24) is 10.9 Å². The van der Waals surface area contributed by atoms with Gasteiger partial charge in [0.2, 0.25) is 0 Å². The van der Waals surface area contributed by atoms with Crippen molar-refractivity contribution < 1.29 is 22.7 Å². The number of hydrazine groups is 1. The Bertz CT molecular complexity index is 930. The molecule has 0 fully saturated rings. The number of nitrogens with one attached hydrogen (secondary N) is 2. The smallest absolute Gasteiger partial charge is 0.416 e. The third-order valence-corrected chi connectivity index (χ3v) is 4.40. The van der Waals surface area contributed by atoms with Crippen LogP contribution in [0.3, 0.4) is 0 Å². The van der Waals surface area contributed by atoms with E-state index in [4.69, 9.17) is 4.74 Å². The average Bonchev–Trinajstić information content (AvgIpc) is 2.76. The summed E-state index contributed by atoms with van der Waals surface area (Å²) >= 11 is 0. The number of carbonyl (C=O) groups excluding carboxylic acids is 1.